The van der Waals surface area contributed by atoms with E-state index in [1.807, 2.05) is 26.0 Å². The number of amides is 1. The second-order valence-corrected chi connectivity index (χ2v) is 7.30. The molecule has 1 amide bonds. The summed E-state index contributed by atoms with van der Waals surface area (Å²) in [6.07, 6.45) is 1.25. The van der Waals surface area contributed by atoms with Crippen molar-refractivity contribution in [3.05, 3.63) is 40.6 Å². The van der Waals surface area contributed by atoms with Crippen molar-refractivity contribution in [1.82, 2.24) is 9.88 Å². The van der Waals surface area contributed by atoms with Gasteiger partial charge in [-0.3, -0.25) is 9.78 Å². The van der Waals surface area contributed by atoms with Crippen molar-refractivity contribution in [1.29, 1.82) is 0 Å². The van der Waals surface area contributed by atoms with Crippen molar-refractivity contribution in [2.75, 3.05) is 19.7 Å². The van der Waals surface area contributed by atoms with E-state index >= 15 is 0 Å². The Kier molecular flexibility index (Phi) is 4.15. The standard InChI is InChI=1S/C20H22N2O4/c1-11-7-12(2)18-14(8-11)15(9-16(21-18)13-3-4-13)19(23)22-5-6-26-17(10-22)20(24)25/h7-9,13,17H,3-6,10H2,1-2H3,(H,24,25)/t17-/m0/s1. The number of benzene rings is 1. The number of hydrogen-bond acceptors (Lipinski definition) is 4. The highest BCUT2D eigenvalue weighted by Crippen LogP contribution is 2.40. The largest absolute Gasteiger partial charge is 0.479 e. The summed E-state index contributed by atoms with van der Waals surface area (Å²) in [4.78, 5) is 30.9. The number of hydrogen-bond donors (Lipinski definition) is 1. The number of nitrogens with zero attached hydrogens (tertiary/aromatic N) is 2. The highest BCUT2D eigenvalue weighted by atomic mass is 16.5. The molecule has 2 heterocycles. The number of ether oxygens (including phenoxy) is 1. The normalized spacial score (nSPS) is 20.4. The van der Waals surface area contributed by atoms with Crippen LogP contribution in [-0.2, 0) is 9.53 Å². The zero-order valence-electron chi connectivity index (χ0n) is 15.0. The summed E-state index contributed by atoms with van der Waals surface area (Å²) in [6, 6.07) is 5.98. The summed E-state index contributed by atoms with van der Waals surface area (Å²) in [5.74, 6) is -0.741. The topological polar surface area (TPSA) is 79.7 Å². The van der Waals surface area contributed by atoms with Gasteiger partial charge in [-0.15, -0.1) is 0 Å². The van der Waals surface area contributed by atoms with Crippen LogP contribution in [0.15, 0.2) is 18.2 Å². The number of rotatable bonds is 3. The zero-order chi connectivity index (χ0) is 18.4. The van der Waals surface area contributed by atoms with Crippen LogP contribution in [0.3, 0.4) is 0 Å². The molecule has 0 radical (unpaired) electrons. The predicted molar refractivity (Wildman–Crippen MR) is 96.5 cm³/mol. The van der Waals surface area contributed by atoms with Crippen molar-refractivity contribution in [2.24, 2.45) is 0 Å². The number of carbonyl (C=O) groups excluding carboxylic acids is 1. The van der Waals surface area contributed by atoms with Crippen LogP contribution >= 0.6 is 0 Å². The third-order valence-electron chi connectivity index (χ3n) is 5.12. The van der Waals surface area contributed by atoms with Crippen LogP contribution in [-0.4, -0.2) is 52.7 Å². The number of carboxylic acid groups (broad SMARTS) is 1. The van der Waals surface area contributed by atoms with E-state index in [1.165, 1.54) is 0 Å². The minimum absolute atomic E-state index is 0.0710. The number of carbonyl (C=O) groups is 2. The average molecular weight is 354 g/mol. The van der Waals surface area contributed by atoms with Gasteiger partial charge >= 0.3 is 5.97 Å². The Morgan fingerprint density at radius 2 is 2.00 bits per heavy atom. The molecule has 1 N–H and O–H groups in total. The van der Waals surface area contributed by atoms with E-state index in [4.69, 9.17) is 9.72 Å². The Balaban J connectivity index is 1.79. The SMILES string of the molecule is Cc1cc(C)c2nc(C3CC3)cc(C(=O)N3CCO[C@H](C(=O)O)C3)c2c1. The van der Waals surface area contributed by atoms with Gasteiger partial charge in [0.15, 0.2) is 6.10 Å². The molecule has 1 aromatic heterocycles. The van der Waals surface area contributed by atoms with E-state index in [0.29, 0.717) is 18.0 Å². The van der Waals surface area contributed by atoms with Gasteiger partial charge in [-0.05, 0) is 44.4 Å². The van der Waals surface area contributed by atoms with E-state index in [-0.39, 0.29) is 19.1 Å². The lowest BCUT2D eigenvalue weighted by atomic mass is 9.99. The first-order valence-electron chi connectivity index (χ1n) is 8.99. The summed E-state index contributed by atoms with van der Waals surface area (Å²) in [6.45, 7) is 4.73. The minimum atomic E-state index is -1.03. The molecule has 0 unspecified atom stereocenters. The van der Waals surface area contributed by atoms with Gasteiger partial charge in [0.25, 0.3) is 5.91 Å². The van der Waals surface area contributed by atoms with Crippen molar-refractivity contribution in [2.45, 2.75) is 38.7 Å². The molecule has 6 heteroatoms. The second kappa shape index (κ2) is 6.36. The van der Waals surface area contributed by atoms with E-state index in [9.17, 15) is 14.7 Å². The third kappa shape index (κ3) is 3.05. The molecule has 2 fully saturated rings. The molecule has 1 saturated heterocycles. The molecule has 1 aliphatic heterocycles. The molecule has 1 aromatic carbocycles. The van der Waals surface area contributed by atoms with Crippen molar-refractivity contribution >= 4 is 22.8 Å². The molecular formula is C20H22N2O4. The number of morpholine rings is 1. The molecule has 4 rings (SSSR count). The maximum atomic E-state index is 13.2. The lowest BCUT2D eigenvalue weighted by molar-refractivity contribution is -0.154. The summed E-state index contributed by atoms with van der Waals surface area (Å²) >= 11 is 0. The third-order valence-corrected chi connectivity index (χ3v) is 5.12. The highest BCUT2D eigenvalue weighted by molar-refractivity contribution is 6.07. The number of aromatic nitrogens is 1. The number of aryl methyl sites for hydroxylation is 2. The van der Waals surface area contributed by atoms with Crippen LogP contribution in [0, 0.1) is 13.8 Å². The van der Waals surface area contributed by atoms with Gasteiger partial charge in [-0.25, -0.2) is 4.79 Å². The molecular weight excluding hydrogens is 332 g/mol. The lowest BCUT2D eigenvalue weighted by Crippen LogP contribution is -2.48. The molecule has 2 aliphatic rings. The molecule has 136 valence electrons. The van der Waals surface area contributed by atoms with Gasteiger partial charge in [0, 0.05) is 23.5 Å². The van der Waals surface area contributed by atoms with Crippen LogP contribution in [0.1, 0.15) is 45.9 Å². The number of fused-ring (bicyclic) bond motifs is 1. The first-order valence-corrected chi connectivity index (χ1v) is 8.99. The second-order valence-electron chi connectivity index (χ2n) is 7.30. The molecule has 1 aliphatic carbocycles. The Morgan fingerprint density at radius 3 is 2.69 bits per heavy atom. The van der Waals surface area contributed by atoms with Crippen LogP contribution in [0.5, 0.6) is 0 Å². The predicted octanol–water partition coefficient (Wildman–Crippen LogP) is 2.65. The molecule has 26 heavy (non-hydrogen) atoms. The zero-order valence-corrected chi connectivity index (χ0v) is 15.0. The van der Waals surface area contributed by atoms with E-state index < -0.39 is 12.1 Å². The monoisotopic (exact) mass is 354 g/mol. The van der Waals surface area contributed by atoms with Crippen molar-refractivity contribution < 1.29 is 19.4 Å². The molecule has 0 bridgehead atoms. The number of pyridine rings is 1. The fourth-order valence-corrected chi connectivity index (χ4v) is 3.62. The molecule has 1 atom stereocenters. The Bertz CT molecular complexity index is 904. The van der Waals surface area contributed by atoms with Gasteiger partial charge < -0.3 is 14.7 Å². The Labute approximate surface area is 151 Å². The maximum absolute atomic E-state index is 13.2. The fourth-order valence-electron chi connectivity index (χ4n) is 3.62. The van der Waals surface area contributed by atoms with Crippen LogP contribution in [0.2, 0.25) is 0 Å². The quantitative estimate of drug-likeness (QED) is 0.917. The maximum Gasteiger partial charge on any atom is 0.334 e. The van der Waals surface area contributed by atoms with Crippen LogP contribution < -0.4 is 0 Å². The number of aliphatic carboxylic acids is 1. The van der Waals surface area contributed by atoms with Crippen LogP contribution in [0.4, 0.5) is 0 Å². The Hall–Kier alpha value is -2.47. The lowest BCUT2D eigenvalue weighted by Gasteiger charge is -2.31. The summed E-state index contributed by atoms with van der Waals surface area (Å²) in [5.41, 5.74) is 4.59. The van der Waals surface area contributed by atoms with Crippen molar-refractivity contribution in [3.63, 3.8) is 0 Å². The molecule has 2 aromatic rings. The minimum Gasteiger partial charge on any atom is -0.479 e. The smallest absolute Gasteiger partial charge is 0.334 e. The highest BCUT2D eigenvalue weighted by Gasteiger charge is 2.32. The van der Waals surface area contributed by atoms with E-state index in [1.54, 1.807) is 4.90 Å². The average Bonchev–Trinajstić information content (AvgIpc) is 3.45. The Morgan fingerprint density at radius 1 is 1.23 bits per heavy atom. The molecule has 6 nitrogen and oxygen atoms in total. The van der Waals surface area contributed by atoms with E-state index in [0.717, 1.165) is 40.6 Å². The first kappa shape index (κ1) is 17.0. The first-order chi connectivity index (χ1) is 12.4. The van der Waals surface area contributed by atoms with Gasteiger partial charge in [0.2, 0.25) is 0 Å². The van der Waals surface area contributed by atoms with Gasteiger partial charge in [-0.2, -0.15) is 0 Å². The fraction of sp³-hybridized carbons (Fsp3) is 0.450. The summed E-state index contributed by atoms with van der Waals surface area (Å²) in [7, 11) is 0. The van der Waals surface area contributed by atoms with Crippen LogP contribution in [0.25, 0.3) is 10.9 Å². The molecule has 0 spiro atoms. The molecule has 1 saturated carbocycles. The van der Waals surface area contributed by atoms with Gasteiger partial charge in [0.1, 0.15) is 0 Å². The summed E-state index contributed by atoms with van der Waals surface area (Å²) < 4.78 is 5.25. The van der Waals surface area contributed by atoms with Gasteiger partial charge in [0.05, 0.1) is 24.2 Å². The van der Waals surface area contributed by atoms with Crippen molar-refractivity contribution in [3.8, 4) is 0 Å². The summed E-state index contributed by atoms with van der Waals surface area (Å²) in [5, 5.41) is 10.0. The van der Waals surface area contributed by atoms with E-state index in [2.05, 4.69) is 6.07 Å². The number of carboxylic acids is 1. The van der Waals surface area contributed by atoms with Gasteiger partial charge in [-0.1, -0.05) is 11.6 Å².